The van der Waals surface area contributed by atoms with Gasteiger partial charge in [-0.1, -0.05) is 32.4 Å². The Morgan fingerprint density at radius 1 is 1.31 bits per heavy atom. The molecule has 1 rings (SSSR count). The Labute approximate surface area is 83.9 Å². The molecule has 0 amide bonds. The zero-order valence-electron chi connectivity index (χ0n) is 8.39. The largest absolute Gasteiger partial charge is 0.480 e. The summed E-state index contributed by atoms with van der Waals surface area (Å²) < 4.78 is 5.04. The van der Waals surface area contributed by atoms with E-state index in [0.29, 0.717) is 10.9 Å². The summed E-state index contributed by atoms with van der Waals surface area (Å²) in [5.74, 6) is 0.495. The molecule has 0 aliphatic heterocycles. The lowest BCUT2D eigenvalue weighted by atomic mass is 9.92. The van der Waals surface area contributed by atoms with Crippen molar-refractivity contribution in [3.63, 3.8) is 0 Å². The van der Waals surface area contributed by atoms with E-state index >= 15 is 0 Å². The first kappa shape index (κ1) is 10.3. The van der Waals surface area contributed by atoms with Crippen LogP contribution in [0.1, 0.15) is 26.5 Å². The lowest BCUT2D eigenvalue weighted by Gasteiger charge is -2.18. The van der Waals surface area contributed by atoms with Gasteiger partial charge in [0.25, 0.3) is 0 Å². The predicted molar refractivity (Wildman–Crippen MR) is 54.5 cm³/mol. The Balaban J connectivity index is 3.14. The summed E-state index contributed by atoms with van der Waals surface area (Å²) in [6, 6.07) is 3.73. The number of hydrogen-bond acceptors (Lipinski definition) is 2. The molecular weight excluding hydrogens is 186 g/mol. The van der Waals surface area contributed by atoms with Gasteiger partial charge in [0, 0.05) is 11.1 Å². The lowest BCUT2D eigenvalue weighted by molar-refractivity contribution is 0.392. The molecule has 0 aromatic carbocycles. The van der Waals surface area contributed by atoms with Gasteiger partial charge >= 0.3 is 0 Å². The first-order valence-corrected chi connectivity index (χ1v) is 4.54. The molecule has 0 N–H and O–H groups in total. The van der Waals surface area contributed by atoms with Gasteiger partial charge in [-0.2, -0.15) is 0 Å². The van der Waals surface area contributed by atoms with Crippen molar-refractivity contribution < 1.29 is 4.74 Å². The van der Waals surface area contributed by atoms with Crippen LogP contribution in [0.5, 0.6) is 5.88 Å². The van der Waals surface area contributed by atoms with Crippen molar-refractivity contribution >= 4 is 11.6 Å². The first-order chi connectivity index (χ1) is 5.95. The van der Waals surface area contributed by atoms with Crippen molar-refractivity contribution in [2.45, 2.75) is 26.2 Å². The smallest absolute Gasteiger partial charge is 0.232 e. The molecule has 0 saturated carbocycles. The van der Waals surface area contributed by atoms with Crippen molar-refractivity contribution in [1.82, 2.24) is 4.98 Å². The second-order valence-corrected chi connectivity index (χ2v) is 4.34. The molecule has 0 aliphatic rings. The Kier molecular flexibility index (Phi) is 2.81. The molecule has 0 atom stereocenters. The van der Waals surface area contributed by atoms with E-state index in [9.17, 15) is 0 Å². The van der Waals surface area contributed by atoms with E-state index in [2.05, 4.69) is 25.8 Å². The third-order valence-electron chi connectivity index (χ3n) is 1.78. The summed E-state index contributed by atoms with van der Waals surface area (Å²) >= 11 is 5.86. The average Bonchev–Trinajstić information content (AvgIpc) is 2.03. The van der Waals surface area contributed by atoms with Crippen LogP contribution >= 0.6 is 11.6 Å². The van der Waals surface area contributed by atoms with Crippen molar-refractivity contribution in [3.05, 3.63) is 22.8 Å². The van der Waals surface area contributed by atoms with E-state index in [1.54, 1.807) is 7.11 Å². The van der Waals surface area contributed by atoms with Gasteiger partial charge in [-0.05, 0) is 12.1 Å². The van der Waals surface area contributed by atoms with Crippen LogP contribution in [0.15, 0.2) is 12.1 Å². The fourth-order valence-electron chi connectivity index (χ4n) is 0.984. The number of hydrogen-bond donors (Lipinski definition) is 0. The topological polar surface area (TPSA) is 22.1 Å². The van der Waals surface area contributed by atoms with Gasteiger partial charge in [0.15, 0.2) is 0 Å². The van der Waals surface area contributed by atoms with Gasteiger partial charge < -0.3 is 4.74 Å². The van der Waals surface area contributed by atoms with Crippen molar-refractivity contribution in [3.8, 4) is 5.88 Å². The maximum atomic E-state index is 5.86. The fraction of sp³-hybridized carbons (Fsp3) is 0.500. The number of pyridine rings is 1. The minimum Gasteiger partial charge on any atom is -0.480 e. The minimum atomic E-state index is 0.0257. The summed E-state index contributed by atoms with van der Waals surface area (Å²) in [6.07, 6.45) is 0. The molecule has 0 fully saturated rings. The normalized spacial score (nSPS) is 11.5. The average molecular weight is 200 g/mol. The van der Waals surface area contributed by atoms with Gasteiger partial charge in [-0.15, -0.1) is 0 Å². The first-order valence-electron chi connectivity index (χ1n) is 4.16. The maximum absolute atomic E-state index is 5.86. The summed E-state index contributed by atoms with van der Waals surface area (Å²) in [5, 5.41) is 0.551. The molecule has 0 saturated heterocycles. The molecule has 0 spiro atoms. The quantitative estimate of drug-likeness (QED) is 0.694. The van der Waals surface area contributed by atoms with Crippen molar-refractivity contribution in [1.29, 1.82) is 0 Å². The predicted octanol–water partition coefficient (Wildman–Crippen LogP) is 3.04. The van der Waals surface area contributed by atoms with Crippen LogP contribution in [0.25, 0.3) is 0 Å². The van der Waals surface area contributed by atoms with E-state index in [1.165, 1.54) is 0 Å². The highest BCUT2D eigenvalue weighted by Gasteiger charge is 2.16. The van der Waals surface area contributed by atoms with Gasteiger partial charge in [0.05, 0.1) is 7.11 Å². The number of halogens is 1. The highest BCUT2D eigenvalue weighted by atomic mass is 35.5. The second kappa shape index (κ2) is 3.54. The molecule has 3 heteroatoms. The van der Waals surface area contributed by atoms with E-state index in [4.69, 9.17) is 16.3 Å². The lowest BCUT2D eigenvalue weighted by Crippen LogP contribution is -2.13. The molecule has 0 bridgehead atoms. The molecule has 0 radical (unpaired) electrons. The molecule has 1 heterocycles. The summed E-state index contributed by atoms with van der Waals surface area (Å²) in [4.78, 5) is 4.31. The Hall–Kier alpha value is -0.760. The fourth-order valence-corrected chi connectivity index (χ4v) is 1.17. The third kappa shape index (κ3) is 2.34. The molecule has 72 valence electrons. The maximum Gasteiger partial charge on any atom is 0.232 e. The van der Waals surface area contributed by atoms with Gasteiger partial charge in [0.2, 0.25) is 5.88 Å². The van der Waals surface area contributed by atoms with Crippen molar-refractivity contribution in [2.75, 3.05) is 7.11 Å². The highest BCUT2D eigenvalue weighted by molar-refractivity contribution is 6.31. The molecule has 0 aliphatic carbocycles. The van der Waals surface area contributed by atoms with Gasteiger partial charge in [0.1, 0.15) is 5.02 Å². The monoisotopic (exact) mass is 199 g/mol. The van der Waals surface area contributed by atoms with Crippen LogP contribution in [0.2, 0.25) is 5.02 Å². The Morgan fingerprint density at radius 3 is 2.38 bits per heavy atom. The number of nitrogens with zero attached hydrogens (tertiary/aromatic N) is 1. The number of aromatic nitrogens is 1. The zero-order chi connectivity index (χ0) is 10.1. The molecule has 13 heavy (non-hydrogen) atoms. The van der Waals surface area contributed by atoms with Crippen LogP contribution in [-0.2, 0) is 5.41 Å². The highest BCUT2D eigenvalue weighted by Crippen LogP contribution is 2.27. The number of rotatable bonds is 1. The van der Waals surface area contributed by atoms with Crippen LogP contribution < -0.4 is 4.74 Å². The molecule has 0 unspecified atom stereocenters. The minimum absolute atomic E-state index is 0.0257. The SMILES string of the molecule is COc1nc(C(C)(C)C)ccc1Cl. The van der Waals surface area contributed by atoms with E-state index in [-0.39, 0.29) is 5.41 Å². The van der Waals surface area contributed by atoms with Gasteiger partial charge in [-0.3, -0.25) is 0 Å². The van der Waals surface area contributed by atoms with E-state index < -0.39 is 0 Å². The Bertz CT molecular complexity index is 304. The zero-order valence-corrected chi connectivity index (χ0v) is 9.14. The van der Waals surface area contributed by atoms with Crippen LogP contribution in [0, 0.1) is 0 Å². The number of methoxy groups -OCH3 is 1. The molecule has 2 nitrogen and oxygen atoms in total. The van der Waals surface area contributed by atoms with Gasteiger partial charge in [-0.25, -0.2) is 4.98 Å². The number of ether oxygens (including phenoxy) is 1. The van der Waals surface area contributed by atoms with E-state index in [0.717, 1.165) is 5.69 Å². The van der Waals surface area contributed by atoms with Crippen LogP contribution in [-0.4, -0.2) is 12.1 Å². The third-order valence-corrected chi connectivity index (χ3v) is 2.06. The Morgan fingerprint density at radius 2 is 1.92 bits per heavy atom. The molecule has 1 aromatic heterocycles. The second-order valence-electron chi connectivity index (χ2n) is 3.94. The summed E-state index contributed by atoms with van der Waals surface area (Å²) in [7, 11) is 1.57. The standard InChI is InChI=1S/C10H14ClNO/c1-10(2,3)8-6-5-7(11)9(12-8)13-4/h5-6H,1-4H3. The summed E-state index contributed by atoms with van der Waals surface area (Å²) in [5.41, 5.74) is 1.01. The summed E-state index contributed by atoms with van der Waals surface area (Å²) in [6.45, 7) is 6.30. The van der Waals surface area contributed by atoms with Crippen LogP contribution in [0.4, 0.5) is 0 Å². The van der Waals surface area contributed by atoms with Crippen LogP contribution in [0.3, 0.4) is 0 Å². The molecular formula is C10H14ClNO. The van der Waals surface area contributed by atoms with E-state index in [1.807, 2.05) is 12.1 Å². The molecule has 1 aromatic rings. The van der Waals surface area contributed by atoms with Crippen molar-refractivity contribution in [2.24, 2.45) is 0 Å².